The van der Waals surface area contributed by atoms with Gasteiger partial charge in [0.15, 0.2) is 0 Å². The highest BCUT2D eigenvalue weighted by Crippen LogP contribution is 2.29. The summed E-state index contributed by atoms with van der Waals surface area (Å²) < 4.78 is 5.97. The molecule has 2 aliphatic heterocycles. The predicted molar refractivity (Wildman–Crippen MR) is 57.2 cm³/mol. The lowest BCUT2D eigenvalue weighted by atomic mass is 9.87. The fourth-order valence-electron chi connectivity index (χ4n) is 2.68. The first-order valence-corrected chi connectivity index (χ1v) is 5.87. The Morgan fingerprint density at radius 2 is 2.29 bits per heavy atom. The number of piperidine rings is 2. The van der Waals surface area contributed by atoms with Gasteiger partial charge in [0.1, 0.15) is 0 Å². The predicted octanol–water partition coefficient (Wildman–Crippen LogP) is 0.834. The third-order valence-corrected chi connectivity index (χ3v) is 3.54. The van der Waals surface area contributed by atoms with Crippen LogP contribution < -0.4 is 5.73 Å². The maximum Gasteiger partial charge on any atom is 0.0673 e. The molecule has 2 saturated heterocycles. The Morgan fingerprint density at radius 3 is 3.07 bits per heavy atom. The number of nitrogens with two attached hydrogens (primary N) is 1. The first-order chi connectivity index (χ1) is 6.79. The van der Waals surface area contributed by atoms with Gasteiger partial charge < -0.3 is 15.4 Å². The quantitative estimate of drug-likeness (QED) is 0.730. The second-order valence-corrected chi connectivity index (χ2v) is 4.71. The van der Waals surface area contributed by atoms with Crippen LogP contribution in [-0.2, 0) is 4.74 Å². The topological polar surface area (TPSA) is 38.5 Å². The van der Waals surface area contributed by atoms with Crippen molar-refractivity contribution in [3.8, 4) is 0 Å². The van der Waals surface area contributed by atoms with Crippen molar-refractivity contribution in [1.29, 1.82) is 0 Å². The van der Waals surface area contributed by atoms with E-state index in [2.05, 4.69) is 11.8 Å². The van der Waals surface area contributed by atoms with E-state index in [9.17, 15) is 0 Å². The van der Waals surface area contributed by atoms with Gasteiger partial charge in [-0.1, -0.05) is 0 Å². The molecule has 0 aromatic rings. The fourth-order valence-corrected chi connectivity index (χ4v) is 2.68. The van der Waals surface area contributed by atoms with Crippen molar-refractivity contribution in [2.45, 2.75) is 38.4 Å². The SMILES string of the molecule is CC(CN)OC1CCN2CCCC1C2. The fraction of sp³-hybridized carbons (Fsp3) is 1.00. The van der Waals surface area contributed by atoms with Crippen LogP contribution in [-0.4, -0.2) is 43.3 Å². The van der Waals surface area contributed by atoms with Crippen LogP contribution in [0.1, 0.15) is 26.2 Å². The third kappa shape index (κ3) is 2.27. The largest absolute Gasteiger partial charge is 0.374 e. The van der Waals surface area contributed by atoms with Crippen LogP contribution in [0.25, 0.3) is 0 Å². The van der Waals surface area contributed by atoms with Crippen LogP contribution in [0, 0.1) is 5.92 Å². The number of nitrogens with zero attached hydrogens (tertiary/aromatic N) is 1. The summed E-state index contributed by atoms with van der Waals surface area (Å²) in [6.45, 7) is 6.50. The van der Waals surface area contributed by atoms with E-state index in [0.29, 0.717) is 12.6 Å². The molecular formula is C11H22N2O. The summed E-state index contributed by atoms with van der Waals surface area (Å²) in [5.74, 6) is 0.770. The van der Waals surface area contributed by atoms with Crippen LogP contribution in [0.15, 0.2) is 0 Å². The maximum absolute atomic E-state index is 5.97. The smallest absolute Gasteiger partial charge is 0.0673 e. The summed E-state index contributed by atoms with van der Waals surface area (Å²) >= 11 is 0. The van der Waals surface area contributed by atoms with Crippen molar-refractivity contribution in [2.24, 2.45) is 11.7 Å². The van der Waals surface area contributed by atoms with E-state index >= 15 is 0 Å². The van der Waals surface area contributed by atoms with Crippen molar-refractivity contribution in [3.05, 3.63) is 0 Å². The van der Waals surface area contributed by atoms with Crippen molar-refractivity contribution in [1.82, 2.24) is 4.90 Å². The van der Waals surface area contributed by atoms with Crippen molar-refractivity contribution in [2.75, 3.05) is 26.2 Å². The molecule has 0 aromatic carbocycles. The Morgan fingerprint density at radius 1 is 1.43 bits per heavy atom. The van der Waals surface area contributed by atoms with E-state index < -0.39 is 0 Å². The number of fused-ring (bicyclic) bond motifs is 2. The van der Waals surface area contributed by atoms with Crippen LogP contribution >= 0.6 is 0 Å². The first kappa shape index (κ1) is 10.4. The lowest BCUT2D eigenvalue weighted by Crippen LogP contribution is -2.49. The molecule has 0 aliphatic carbocycles. The van der Waals surface area contributed by atoms with Gasteiger partial charge in [-0.3, -0.25) is 0 Å². The highest BCUT2D eigenvalue weighted by molar-refractivity contribution is 4.85. The standard InChI is InChI=1S/C11H22N2O/c1-9(7-12)14-11-4-6-13-5-2-3-10(11)8-13/h9-11H,2-8,12H2,1H3. The molecule has 2 fully saturated rings. The van der Waals surface area contributed by atoms with Gasteiger partial charge in [0.25, 0.3) is 0 Å². The minimum absolute atomic E-state index is 0.230. The molecule has 2 aliphatic rings. The van der Waals surface area contributed by atoms with E-state index in [1.54, 1.807) is 0 Å². The molecule has 0 amide bonds. The van der Waals surface area contributed by atoms with Gasteiger partial charge in [0.2, 0.25) is 0 Å². The van der Waals surface area contributed by atoms with Crippen molar-refractivity contribution < 1.29 is 4.74 Å². The van der Waals surface area contributed by atoms with Gasteiger partial charge in [0.05, 0.1) is 12.2 Å². The minimum Gasteiger partial charge on any atom is -0.374 e. The first-order valence-electron chi connectivity index (χ1n) is 5.87. The van der Waals surface area contributed by atoms with E-state index in [1.807, 2.05) is 0 Å². The van der Waals surface area contributed by atoms with Gasteiger partial charge >= 0.3 is 0 Å². The van der Waals surface area contributed by atoms with Gasteiger partial charge in [-0.25, -0.2) is 0 Å². The number of hydrogen-bond acceptors (Lipinski definition) is 3. The van der Waals surface area contributed by atoms with Crippen LogP contribution in [0.2, 0.25) is 0 Å². The minimum atomic E-state index is 0.230. The maximum atomic E-state index is 5.97. The molecular weight excluding hydrogens is 176 g/mol. The van der Waals surface area contributed by atoms with Gasteiger partial charge in [0, 0.05) is 19.6 Å². The Balaban J connectivity index is 1.86. The zero-order valence-electron chi connectivity index (χ0n) is 9.11. The van der Waals surface area contributed by atoms with Crippen LogP contribution in [0.5, 0.6) is 0 Å². The lowest BCUT2D eigenvalue weighted by Gasteiger charge is -2.43. The molecule has 82 valence electrons. The van der Waals surface area contributed by atoms with Gasteiger partial charge in [-0.05, 0) is 38.6 Å². The number of ether oxygens (including phenoxy) is 1. The van der Waals surface area contributed by atoms with Crippen molar-refractivity contribution in [3.63, 3.8) is 0 Å². The summed E-state index contributed by atoms with van der Waals surface area (Å²) in [4.78, 5) is 2.57. The Bertz CT molecular complexity index is 186. The molecule has 2 heterocycles. The zero-order chi connectivity index (χ0) is 9.97. The molecule has 2 bridgehead atoms. The van der Waals surface area contributed by atoms with E-state index in [4.69, 9.17) is 10.5 Å². The highest BCUT2D eigenvalue weighted by atomic mass is 16.5. The van der Waals surface area contributed by atoms with E-state index in [-0.39, 0.29) is 6.10 Å². The molecule has 4 atom stereocenters. The molecule has 0 aromatic heterocycles. The highest BCUT2D eigenvalue weighted by Gasteiger charge is 2.33. The average molecular weight is 198 g/mol. The molecule has 0 saturated carbocycles. The Hall–Kier alpha value is -0.120. The normalized spacial score (nSPS) is 39.4. The average Bonchev–Trinajstić information content (AvgIpc) is 2.23. The monoisotopic (exact) mass is 198 g/mol. The van der Waals surface area contributed by atoms with E-state index in [0.717, 1.165) is 5.92 Å². The zero-order valence-corrected chi connectivity index (χ0v) is 9.11. The van der Waals surface area contributed by atoms with Gasteiger partial charge in [-0.15, -0.1) is 0 Å². The molecule has 0 spiro atoms. The third-order valence-electron chi connectivity index (χ3n) is 3.54. The summed E-state index contributed by atoms with van der Waals surface area (Å²) in [6.07, 6.45) is 4.60. The summed E-state index contributed by atoms with van der Waals surface area (Å²) in [6, 6.07) is 0. The van der Waals surface area contributed by atoms with E-state index in [1.165, 1.54) is 38.9 Å². The molecule has 3 nitrogen and oxygen atoms in total. The number of rotatable bonds is 3. The molecule has 3 heteroatoms. The molecule has 4 unspecified atom stereocenters. The van der Waals surface area contributed by atoms with Crippen LogP contribution in [0.4, 0.5) is 0 Å². The Kier molecular flexibility index (Phi) is 3.42. The summed E-state index contributed by atoms with van der Waals surface area (Å²) in [7, 11) is 0. The second kappa shape index (κ2) is 4.60. The second-order valence-electron chi connectivity index (χ2n) is 4.71. The van der Waals surface area contributed by atoms with Crippen LogP contribution in [0.3, 0.4) is 0 Å². The van der Waals surface area contributed by atoms with Crippen molar-refractivity contribution >= 4 is 0 Å². The summed E-state index contributed by atoms with van der Waals surface area (Å²) in [5, 5.41) is 0. The molecule has 2 N–H and O–H groups in total. The Labute approximate surface area is 86.6 Å². The van der Waals surface area contributed by atoms with Gasteiger partial charge in [-0.2, -0.15) is 0 Å². The molecule has 0 radical (unpaired) electrons. The lowest BCUT2D eigenvalue weighted by molar-refractivity contribution is -0.0782. The number of hydrogen-bond donors (Lipinski definition) is 1. The molecule has 2 rings (SSSR count). The molecule has 14 heavy (non-hydrogen) atoms. The summed E-state index contributed by atoms with van der Waals surface area (Å²) in [5.41, 5.74) is 5.58.